The molecule has 0 aromatic rings. The van der Waals surface area contributed by atoms with Crippen LogP contribution in [0.3, 0.4) is 0 Å². The maximum absolute atomic E-state index is 12.9. The highest BCUT2D eigenvalue weighted by atomic mass is 32.1. The van der Waals surface area contributed by atoms with Crippen molar-refractivity contribution in [3.8, 4) is 0 Å². The Morgan fingerprint density at radius 3 is 2.47 bits per heavy atom. The van der Waals surface area contributed by atoms with E-state index in [0.717, 1.165) is 19.5 Å². The first-order valence-corrected chi connectivity index (χ1v) is 7.55. The highest BCUT2D eigenvalue weighted by Gasteiger charge is 2.46. The summed E-state index contributed by atoms with van der Waals surface area (Å²) in [4.78, 5) is 15.2. The topological polar surface area (TPSA) is 55.6 Å². The summed E-state index contributed by atoms with van der Waals surface area (Å²) >= 11 is 5.20. The number of rotatable bonds is 2. The molecule has 0 aromatic carbocycles. The second-order valence-corrected chi connectivity index (χ2v) is 6.49. The van der Waals surface area contributed by atoms with Crippen molar-refractivity contribution in [2.24, 2.45) is 23.0 Å². The Bertz CT molecular complexity index is 366. The molecule has 2 atom stereocenters. The molecular weight excluding hydrogens is 260 g/mol. The average molecular weight is 284 g/mol. The molecule has 2 unspecified atom stereocenters. The molecule has 2 N–H and O–H groups in total. The van der Waals surface area contributed by atoms with Crippen LogP contribution in [-0.4, -0.2) is 42.1 Å². The Balaban J connectivity index is 2.14. The van der Waals surface area contributed by atoms with Gasteiger partial charge in [0.25, 0.3) is 0 Å². The number of hydrogen-bond acceptors (Lipinski definition) is 3. The monoisotopic (exact) mass is 284 g/mol. The second kappa shape index (κ2) is 5.75. The van der Waals surface area contributed by atoms with Crippen molar-refractivity contribution in [3.05, 3.63) is 0 Å². The third-order valence-electron chi connectivity index (χ3n) is 4.85. The summed E-state index contributed by atoms with van der Waals surface area (Å²) in [5.74, 6) is 1.35. The Hall–Kier alpha value is -0.680. The number of amides is 1. The predicted molar refractivity (Wildman–Crippen MR) is 78.8 cm³/mol. The minimum atomic E-state index is -0.659. The molecule has 2 aliphatic heterocycles. The zero-order valence-electron chi connectivity index (χ0n) is 11.9. The van der Waals surface area contributed by atoms with Gasteiger partial charge >= 0.3 is 0 Å². The van der Waals surface area contributed by atoms with Gasteiger partial charge in [0.1, 0.15) is 5.41 Å². The molecule has 0 spiro atoms. The lowest BCUT2D eigenvalue weighted by molar-refractivity contribution is -0.144. The van der Waals surface area contributed by atoms with Gasteiger partial charge in [-0.25, -0.2) is 0 Å². The van der Waals surface area contributed by atoms with Crippen molar-refractivity contribution in [1.29, 1.82) is 0 Å². The third-order valence-corrected chi connectivity index (χ3v) is 5.24. The molecule has 4 nitrogen and oxygen atoms in total. The van der Waals surface area contributed by atoms with E-state index in [-0.39, 0.29) is 5.91 Å². The molecule has 0 radical (unpaired) electrons. The molecular formula is C14H24N2O2S. The average Bonchev–Trinajstić information content (AvgIpc) is 2.41. The SMILES string of the molecule is CC1CCN(C(=O)C2(C(N)=S)CCOCC2)CC1C. The standard InChI is InChI=1S/C14H24N2O2S/c1-10-3-6-16(9-11(10)2)13(17)14(12(15)19)4-7-18-8-5-14/h10-11H,3-9H2,1-2H3,(H2,15,19). The fraction of sp³-hybridized carbons (Fsp3) is 0.857. The zero-order valence-corrected chi connectivity index (χ0v) is 12.7. The summed E-state index contributed by atoms with van der Waals surface area (Å²) in [7, 11) is 0. The van der Waals surface area contributed by atoms with Crippen LogP contribution in [0, 0.1) is 17.3 Å². The van der Waals surface area contributed by atoms with Crippen LogP contribution in [0.2, 0.25) is 0 Å². The molecule has 2 fully saturated rings. The lowest BCUT2D eigenvalue weighted by Crippen LogP contribution is -2.55. The lowest BCUT2D eigenvalue weighted by Gasteiger charge is -2.42. The normalized spacial score (nSPS) is 30.9. The van der Waals surface area contributed by atoms with Crippen LogP contribution in [0.1, 0.15) is 33.1 Å². The summed E-state index contributed by atoms with van der Waals surface area (Å²) < 4.78 is 5.36. The minimum Gasteiger partial charge on any atom is -0.392 e. The van der Waals surface area contributed by atoms with Crippen molar-refractivity contribution in [2.45, 2.75) is 33.1 Å². The van der Waals surface area contributed by atoms with Crippen molar-refractivity contribution in [3.63, 3.8) is 0 Å². The van der Waals surface area contributed by atoms with Crippen molar-refractivity contribution in [1.82, 2.24) is 4.90 Å². The summed E-state index contributed by atoms with van der Waals surface area (Å²) in [5.41, 5.74) is 5.24. The quantitative estimate of drug-likeness (QED) is 0.782. The first-order valence-electron chi connectivity index (χ1n) is 7.14. The second-order valence-electron chi connectivity index (χ2n) is 6.05. The van der Waals surface area contributed by atoms with Crippen molar-refractivity contribution in [2.75, 3.05) is 26.3 Å². The molecule has 0 saturated carbocycles. The van der Waals surface area contributed by atoms with Crippen LogP contribution >= 0.6 is 12.2 Å². The van der Waals surface area contributed by atoms with Gasteiger partial charge in [0.15, 0.2) is 0 Å². The molecule has 19 heavy (non-hydrogen) atoms. The van der Waals surface area contributed by atoms with Crippen molar-refractivity contribution < 1.29 is 9.53 Å². The van der Waals surface area contributed by atoms with Gasteiger partial charge in [0, 0.05) is 26.3 Å². The maximum Gasteiger partial charge on any atom is 0.235 e. The molecule has 5 heteroatoms. The van der Waals surface area contributed by atoms with E-state index in [9.17, 15) is 4.79 Å². The van der Waals surface area contributed by atoms with Crippen LogP contribution < -0.4 is 5.73 Å². The molecule has 0 aromatic heterocycles. The molecule has 1 amide bonds. The maximum atomic E-state index is 12.9. The first-order chi connectivity index (χ1) is 8.97. The Labute approximate surface area is 120 Å². The van der Waals surface area contributed by atoms with Gasteiger partial charge in [-0.05, 0) is 31.1 Å². The minimum absolute atomic E-state index is 0.127. The van der Waals surface area contributed by atoms with Gasteiger partial charge < -0.3 is 15.4 Å². The number of piperidine rings is 1. The van der Waals surface area contributed by atoms with E-state index in [1.165, 1.54) is 0 Å². The van der Waals surface area contributed by atoms with E-state index in [4.69, 9.17) is 22.7 Å². The van der Waals surface area contributed by atoms with Crippen LogP contribution in [-0.2, 0) is 9.53 Å². The summed E-state index contributed by atoms with van der Waals surface area (Å²) in [6.07, 6.45) is 2.32. The largest absolute Gasteiger partial charge is 0.392 e. The van der Waals surface area contributed by atoms with Crippen molar-refractivity contribution >= 4 is 23.1 Å². The van der Waals surface area contributed by atoms with Gasteiger partial charge in [-0.3, -0.25) is 4.79 Å². The van der Waals surface area contributed by atoms with Crippen LogP contribution in [0.15, 0.2) is 0 Å². The van der Waals surface area contributed by atoms with Crippen LogP contribution in [0.5, 0.6) is 0 Å². The Kier molecular flexibility index (Phi) is 4.46. The number of carbonyl (C=O) groups is 1. The number of hydrogen-bond donors (Lipinski definition) is 1. The van der Waals surface area contributed by atoms with Gasteiger partial charge in [-0.2, -0.15) is 0 Å². The highest BCUT2D eigenvalue weighted by Crippen LogP contribution is 2.35. The van der Waals surface area contributed by atoms with Gasteiger partial charge in [0.2, 0.25) is 5.91 Å². The third kappa shape index (κ3) is 2.77. The lowest BCUT2D eigenvalue weighted by atomic mass is 9.77. The molecule has 2 aliphatic rings. The van der Waals surface area contributed by atoms with Gasteiger partial charge in [-0.1, -0.05) is 26.1 Å². The molecule has 108 valence electrons. The summed E-state index contributed by atoms with van der Waals surface area (Å²) in [5, 5.41) is 0. The van der Waals surface area contributed by atoms with Crippen LogP contribution in [0.25, 0.3) is 0 Å². The number of likely N-dealkylation sites (tertiary alicyclic amines) is 1. The van der Waals surface area contributed by atoms with Gasteiger partial charge in [0.05, 0.1) is 4.99 Å². The van der Waals surface area contributed by atoms with Gasteiger partial charge in [-0.15, -0.1) is 0 Å². The summed E-state index contributed by atoms with van der Waals surface area (Å²) in [6.45, 7) is 7.26. The first kappa shape index (κ1) is 14.7. The number of thiocarbonyl (C=S) groups is 1. The van der Waals surface area contributed by atoms with E-state index in [0.29, 0.717) is 42.9 Å². The molecule has 0 bridgehead atoms. The smallest absolute Gasteiger partial charge is 0.235 e. The molecule has 2 heterocycles. The predicted octanol–water partition coefficient (Wildman–Crippen LogP) is 1.57. The van der Waals surface area contributed by atoms with Crippen LogP contribution in [0.4, 0.5) is 0 Å². The van der Waals surface area contributed by atoms with E-state index in [2.05, 4.69) is 13.8 Å². The Morgan fingerprint density at radius 1 is 1.32 bits per heavy atom. The number of nitrogens with two attached hydrogens (primary N) is 1. The Morgan fingerprint density at radius 2 is 1.95 bits per heavy atom. The fourth-order valence-corrected chi connectivity index (χ4v) is 3.33. The zero-order chi connectivity index (χ0) is 14.0. The molecule has 2 saturated heterocycles. The number of ether oxygens (including phenoxy) is 1. The molecule has 0 aliphatic carbocycles. The highest BCUT2D eigenvalue weighted by molar-refractivity contribution is 7.80. The van der Waals surface area contributed by atoms with E-state index < -0.39 is 5.41 Å². The van der Waals surface area contributed by atoms with E-state index >= 15 is 0 Å². The van der Waals surface area contributed by atoms with E-state index in [1.54, 1.807) is 0 Å². The van der Waals surface area contributed by atoms with E-state index in [1.807, 2.05) is 4.90 Å². The number of carbonyl (C=O) groups excluding carboxylic acids is 1. The summed E-state index contributed by atoms with van der Waals surface area (Å²) in [6, 6.07) is 0. The fourth-order valence-electron chi connectivity index (χ4n) is 3.04. The molecule has 2 rings (SSSR count). The number of nitrogens with zero attached hydrogens (tertiary/aromatic N) is 1.